The maximum atomic E-state index is 13.0. The van der Waals surface area contributed by atoms with Crippen molar-refractivity contribution in [3.8, 4) is 0 Å². The van der Waals surface area contributed by atoms with E-state index in [-0.39, 0.29) is 39.2 Å². The van der Waals surface area contributed by atoms with Crippen LogP contribution in [0.2, 0.25) is 0 Å². The number of hydrogen-bond donors (Lipinski definition) is 3. The summed E-state index contributed by atoms with van der Waals surface area (Å²) in [6, 6.07) is 6.81. The van der Waals surface area contributed by atoms with Crippen LogP contribution in [-0.4, -0.2) is 117 Å². The van der Waals surface area contributed by atoms with Crippen LogP contribution in [0.15, 0.2) is 30.3 Å². The van der Waals surface area contributed by atoms with Crippen LogP contribution >= 0.6 is 0 Å². The average Bonchev–Trinajstić information content (AvgIpc) is 3.14. The smallest absolute Gasteiger partial charge is 0.408 e. The molecule has 1 aromatic carbocycles. The molecule has 19 nitrogen and oxygen atoms in total. The van der Waals surface area contributed by atoms with Gasteiger partial charge in [0.1, 0.15) is 31.4 Å². The topological polar surface area (TPSA) is 246 Å². The van der Waals surface area contributed by atoms with E-state index in [0.717, 1.165) is 26.3 Å². The number of esters is 5. The van der Waals surface area contributed by atoms with Crippen molar-refractivity contribution in [2.75, 3.05) is 26.9 Å². The van der Waals surface area contributed by atoms with Crippen LogP contribution < -0.4 is 16.0 Å². The van der Waals surface area contributed by atoms with Crippen LogP contribution in [0.5, 0.6) is 0 Å². The molecule has 0 bridgehead atoms. The molecule has 19 heteroatoms. The lowest BCUT2D eigenvalue weighted by Gasteiger charge is -2.44. The number of nitrogens with one attached hydrogen (secondary N) is 3. The fourth-order valence-corrected chi connectivity index (χ4v) is 5.37. The molecule has 0 aliphatic carbocycles. The number of carbonyl (C=O) groups excluding carboxylic acids is 8. The summed E-state index contributed by atoms with van der Waals surface area (Å²) in [5.74, 6) is -4.66. The molecule has 56 heavy (non-hydrogen) atoms. The minimum absolute atomic E-state index is 0.000579. The number of benzene rings is 1. The Kier molecular flexibility index (Phi) is 20.9. The summed E-state index contributed by atoms with van der Waals surface area (Å²) < 4.78 is 42.8. The minimum Gasteiger partial charge on any atom is -0.469 e. The van der Waals surface area contributed by atoms with Gasteiger partial charge in [-0.05, 0) is 31.7 Å². The largest absolute Gasteiger partial charge is 0.469 e. The Hall–Kier alpha value is -5.30. The predicted octanol–water partition coefficient (Wildman–Crippen LogP) is 1.52. The van der Waals surface area contributed by atoms with E-state index in [1.165, 1.54) is 21.0 Å². The normalized spacial score (nSPS) is 19.9. The highest BCUT2D eigenvalue weighted by atomic mass is 16.7. The zero-order chi connectivity index (χ0) is 41.6. The lowest BCUT2D eigenvalue weighted by Crippen LogP contribution is -2.63. The van der Waals surface area contributed by atoms with Gasteiger partial charge in [-0.1, -0.05) is 43.2 Å². The van der Waals surface area contributed by atoms with Gasteiger partial charge in [0, 0.05) is 47.3 Å². The third-order valence-electron chi connectivity index (χ3n) is 8.04. The van der Waals surface area contributed by atoms with Crippen molar-refractivity contribution in [1.29, 1.82) is 0 Å². The SMILES string of the molecule is COC(=O)CC[C@H](NC(=O)[C@@H](C)NC(=O)OCc1ccccc1)C(=O)NCCCCCCO[C@@H]1O[C@H](COC(C)=O)[C@@H](OC(C)=O)[C@H](OC(C)=O)[C@H]1OC(C)=O. The fraction of sp³-hybridized carbons (Fsp3) is 0.622. The zero-order valence-corrected chi connectivity index (χ0v) is 32.5. The molecule has 1 aliphatic rings. The van der Waals surface area contributed by atoms with Gasteiger partial charge in [-0.15, -0.1) is 0 Å². The third kappa shape index (κ3) is 17.9. The Labute approximate surface area is 325 Å². The molecule has 0 aromatic heterocycles. The molecule has 2 rings (SSSR count). The van der Waals surface area contributed by atoms with Crippen molar-refractivity contribution >= 4 is 47.8 Å². The zero-order valence-electron chi connectivity index (χ0n) is 32.5. The fourth-order valence-electron chi connectivity index (χ4n) is 5.37. The summed E-state index contributed by atoms with van der Waals surface area (Å²) >= 11 is 0. The molecule has 0 radical (unpaired) electrons. The van der Waals surface area contributed by atoms with Crippen LogP contribution in [0.1, 0.15) is 78.7 Å². The molecule has 0 spiro atoms. The average molecular weight is 796 g/mol. The number of amides is 3. The van der Waals surface area contributed by atoms with Gasteiger partial charge in [-0.3, -0.25) is 33.6 Å². The van der Waals surface area contributed by atoms with E-state index in [2.05, 4.69) is 20.7 Å². The number of rotatable bonds is 22. The molecule has 0 unspecified atom stereocenters. The van der Waals surface area contributed by atoms with E-state index >= 15 is 0 Å². The van der Waals surface area contributed by atoms with Gasteiger partial charge in [0.15, 0.2) is 24.6 Å². The Bertz CT molecular complexity index is 1470. The Balaban J connectivity index is 1.89. The van der Waals surface area contributed by atoms with Crippen LogP contribution in [0.25, 0.3) is 0 Å². The molecule has 3 N–H and O–H groups in total. The van der Waals surface area contributed by atoms with E-state index < -0.39 is 90.5 Å². The summed E-state index contributed by atoms with van der Waals surface area (Å²) in [6.45, 7) is 5.93. The monoisotopic (exact) mass is 795 g/mol. The quantitative estimate of drug-likeness (QED) is 0.0855. The number of alkyl carbamates (subject to hydrolysis) is 1. The third-order valence-corrected chi connectivity index (χ3v) is 8.04. The molecule has 7 atom stereocenters. The van der Waals surface area contributed by atoms with E-state index in [9.17, 15) is 38.4 Å². The highest BCUT2D eigenvalue weighted by Crippen LogP contribution is 2.30. The summed E-state index contributed by atoms with van der Waals surface area (Å²) in [4.78, 5) is 97.4. The van der Waals surface area contributed by atoms with E-state index in [1.807, 2.05) is 6.07 Å². The second kappa shape index (κ2) is 25.0. The maximum Gasteiger partial charge on any atom is 0.408 e. The molecule has 1 heterocycles. The van der Waals surface area contributed by atoms with E-state index in [1.54, 1.807) is 24.3 Å². The first-order chi connectivity index (χ1) is 26.6. The van der Waals surface area contributed by atoms with Crippen molar-refractivity contribution < 1.29 is 76.3 Å². The molecule has 1 saturated heterocycles. The first-order valence-electron chi connectivity index (χ1n) is 18.1. The first-order valence-corrected chi connectivity index (χ1v) is 18.1. The molecule has 1 aromatic rings. The minimum atomic E-state index is -1.34. The second-order valence-corrected chi connectivity index (χ2v) is 12.7. The summed E-state index contributed by atoms with van der Waals surface area (Å²) in [5, 5.41) is 7.73. The van der Waals surface area contributed by atoms with Gasteiger partial charge in [-0.25, -0.2) is 4.79 Å². The van der Waals surface area contributed by atoms with Crippen molar-refractivity contribution in [1.82, 2.24) is 16.0 Å². The molecule has 1 fully saturated rings. The second-order valence-electron chi connectivity index (χ2n) is 12.7. The maximum absolute atomic E-state index is 13.0. The highest BCUT2D eigenvalue weighted by Gasteiger charge is 2.52. The standard InChI is InChI=1S/C37H53N3O16/c1-22(39-37(48)52-20-27-14-10-9-11-15-27)34(46)40-28(16-17-30(45)49-6)35(47)38-18-12-7-8-13-19-50-36-33(55-26(5)44)32(54-25(4)43)31(53-24(3)42)29(56-36)21-51-23(2)41/h9-11,14-15,22,28-29,31-33,36H,7-8,12-13,16-21H2,1-6H3,(H,38,47)(H,39,48)(H,40,46)/t22-,28+,29-,31-,32+,33-,36-/m1/s1. The summed E-state index contributed by atoms with van der Waals surface area (Å²) in [7, 11) is 1.21. The summed E-state index contributed by atoms with van der Waals surface area (Å²) in [5.41, 5.74) is 0.760. The lowest BCUT2D eigenvalue weighted by molar-refractivity contribution is -0.308. The Morgan fingerprint density at radius 3 is 1.98 bits per heavy atom. The predicted molar refractivity (Wildman–Crippen MR) is 192 cm³/mol. The van der Waals surface area contributed by atoms with Gasteiger partial charge in [0.25, 0.3) is 0 Å². The molecule has 1 aliphatic heterocycles. The highest BCUT2D eigenvalue weighted by molar-refractivity contribution is 5.91. The van der Waals surface area contributed by atoms with Crippen LogP contribution in [0.3, 0.4) is 0 Å². The molecular weight excluding hydrogens is 742 g/mol. The van der Waals surface area contributed by atoms with Crippen molar-refractivity contribution in [3.63, 3.8) is 0 Å². The number of unbranched alkanes of at least 4 members (excludes halogenated alkanes) is 3. The first kappa shape index (κ1) is 46.9. The number of carbonyl (C=O) groups is 8. The van der Waals surface area contributed by atoms with Crippen LogP contribution in [-0.2, 0) is 78.1 Å². The van der Waals surface area contributed by atoms with Gasteiger partial charge in [0.2, 0.25) is 11.8 Å². The van der Waals surface area contributed by atoms with Crippen molar-refractivity contribution in [2.24, 2.45) is 0 Å². The van der Waals surface area contributed by atoms with E-state index in [4.69, 9.17) is 33.2 Å². The number of methoxy groups -OCH3 is 1. The van der Waals surface area contributed by atoms with Crippen molar-refractivity contribution in [3.05, 3.63) is 35.9 Å². The molecule has 0 saturated carbocycles. The lowest BCUT2D eigenvalue weighted by atomic mass is 9.98. The Morgan fingerprint density at radius 2 is 1.36 bits per heavy atom. The van der Waals surface area contributed by atoms with Gasteiger partial charge >= 0.3 is 35.9 Å². The number of ether oxygens (including phenoxy) is 8. The van der Waals surface area contributed by atoms with Crippen molar-refractivity contribution in [2.45, 2.75) is 123 Å². The molecular formula is C37H53N3O16. The number of hydrogen-bond acceptors (Lipinski definition) is 16. The van der Waals surface area contributed by atoms with Gasteiger partial charge in [-0.2, -0.15) is 0 Å². The molecule has 312 valence electrons. The van der Waals surface area contributed by atoms with Crippen LogP contribution in [0.4, 0.5) is 4.79 Å². The van der Waals surface area contributed by atoms with E-state index in [0.29, 0.717) is 25.7 Å². The summed E-state index contributed by atoms with van der Waals surface area (Å²) in [6.07, 6.45) is -5.13. The van der Waals surface area contributed by atoms with Crippen LogP contribution in [0, 0.1) is 0 Å². The Morgan fingerprint density at radius 1 is 0.732 bits per heavy atom. The van der Waals surface area contributed by atoms with Gasteiger partial charge < -0.3 is 53.8 Å². The molecule has 3 amide bonds. The van der Waals surface area contributed by atoms with Gasteiger partial charge in [0.05, 0.1) is 7.11 Å².